The third-order valence-electron chi connectivity index (χ3n) is 3.23. The van der Waals surface area contributed by atoms with E-state index in [1.54, 1.807) is 13.3 Å². The van der Waals surface area contributed by atoms with Crippen LogP contribution in [0, 0.1) is 0 Å². The number of nitrogens with two attached hydrogens (primary N) is 1. The van der Waals surface area contributed by atoms with Crippen LogP contribution in [0.4, 0.5) is 5.82 Å². The van der Waals surface area contributed by atoms with Crippen molar-refractivity contribution >= 4 is 5.82 Å². The smallest absolute Gasteiger partial charge is 0.128 e. The van der Waals surface area contributed by atoms with Crippen molar-refractivity contribution in [1.82, 2.24) is 10.3 Å². The van der Waals surface area contributed by atoms with Gasteiger partial charge in [-0.3, -0.25) is 0 Å². The molecule has 0 aliphatic rings. The summed E-state index contributed by atoms with van der Waals surface area (Å²) in [5.41, 5.74) is 8.17. The van der Waals surface area contributed by atoms with Crippen LogP contribution in [0.3, 0.4) is 0 Å². The number of hydrogen-bond acceptors (Lipinski definition) is 4. The minimum atomic E-state index is 0.0505. The Morgan fingerprint density at radius 2 is 2.00 bits per heavy atom. The van der Waals surface area contributed by atoms with Gasteiger partial charge >= 0.3 is 0 Å². The number of ether oxygens (including phenoxy) is 1. The predicted octanol–water partition coefficient (Wildman–Crippen LogP) is 2.76. The Morgan fingerprint density at radius 3 is 2.60 bits per heavy atom. The van der Waals surface area contributed by atoms with Gasteiger partial charge in [0, 0.05) is 11.8 Å². The van der Waals surface area contributed by atoms with Crippen molar-refractivity contribution in [2.24, 2.45) is 0 Å². The molecule has 0 amide bonds. The highest BCUT2D eigenvalue weighted by Crippen LogP contribution is 2.26. The van der Waals surface area contributed by atoms with Crippen LogP contribution < -0.4 is 15.8 Å². The monoisotopic (exact) mass is 271 g/mol. The Hall–Kier alpha value is -2.07. The van der Waals surface area contributed by atoms with Gasteiger partial charge in [-0.2, -0.15) is 0 Å². The molecule has 1 atom stereocenters. The lowest BCUT2D eigenvalue weighted by molar-refractivity contribution is 0.414. The molecule has 0 aliphatic heterocycles. The molecule has 0 bridgehead atoms. The van der Waals surface area contributed by atoms with Crippen molar-refractivity contribution in [1.29, 1.82) is 0 Å². The zero-order chi connectivity index (χ0) is 14.4. The van der Waals surface area contributed by atoms with Gasteiger partial charge in [0.15, 0.2) is 0 Å². The number of nitrogens with one attached hydrogen (secondary N) is 1. The van der Waals surface area contributed by atoms with Gasteiger partial charge in [0.1, 0.15) is 11.6 Å². The molecule has 0 saturated carbocycles. The summed E-state index contributed by atoms with van der Waals surface area (Å²) in [6, 6.07) is 12.0. The first-order chi connectivity index (χ1) is 9.76. The van der Waals surface area contributed by atoms with Crippen LogP contribution in [-0.4, -0.2) is 18.6 Å². The second kappa shape index (κ2) is 6.91. The van der Waals surface area contributed by atoms with Gasteiger partial charge in [0.2, 0.25) is 0 Å². The molecular weight excluding hydrogens is 250 g/mol. The largest absolute Gasteiger partial charge is 0.497 e. The molecule has 20 heavy (non-hydrogen) atoms. The number of benzene rings is 1. The van der Waals surface area contributed by atoms with E-state index < -0.39 is 0 Å². The summed E-state index contributed by atoms with van der Waals surface area (Å²) in [4.78, 5) is 4.18. The van der Waals surface area contributed by atoms with Gasteiger partial charge in [-0.25, -0.2) is 4.98 Å². The molecule has 1 aromatic carbocycles. The molecule has 1 heterocycles. The number of nitrogens with zero attached hydrogens (tertiary/aromatic N) is 1. The maximum Gasteiger partial charge on any atom is 0.128 e. The van der Waals surface area contributed by atoms with Crippen LogP contribution in [0.1, 0.15) is 30.5 Å². The third-order valence-corrected chi connectivity index (χ3v) is 3.23. The van der Waals surface area contributed by atoms with Crippen molar-refractivity contribution in [2.45, 2.75) is 19.4 Å². The highest BCUT2D eigenvalue weighted by atomic mass is 16.5. The topological polar surface area (TPSA) is 60.2 Å². The molecule has 2 rings (SSSR count). The summed E-state index contributed by atoms with van der Waals surface area (Å²) in [6.07, 6.45) is 2.77. The predicted molar refractivity (Wildman–Crippen MR) is 81.8 cm³/mol. The normalized spacial score (nSPS) is 12.1. The standard InChI is InChI=1S/C16H21N3O/c1-3-10-18-15(14-5-4-11-19-16(14)17)12-6-8-13(20-2)9-7-12/h4-9,11,15,18H,3,10H2,1-2H3,(H2,17,19). The van der Waals surface area contributed by atoms with Gasteiger partial charge in [-0.15, -0.1) is 0 Å². The number of nitrogen functional groups attached to an aromatic ring is 1. The van der Waals surface area contributed by atoms with E-state index >= 15 is 0 Å². The molecule has 4 nitrogen and oxygen atoms in total. The summed E-state index contributed by atoms with van der Waals surface area (Å²) in [6.45, 7) is 3.07. The summed E-state index contributed by atoms with van der Waals surface area (Å²) >= 11 is 0. The van der Waals surface area contributed by atoms with Gasteiger partial charge in [-0.1, -0.05) is 25.1 Å². The Labute approximate surface area is 120 Å². The Balaban J connectivity index is 2.33. The zero-order valence-electron chi connectivity index (χ0n) is 12.0. The molecule has 0 aliphatic carbocycles. The number of hydrogen-bond donors (Lipinski definition) is 2. The Morgan fingerprint density at radius 1 is 1.25 bits per heavy atom. The van der Waals surface area contributed by atoms with Crippen LogP contribution in [0.2, 0.25) is 0 Å². The summed E-state index contributed by atoms with van der Waals surface area (Å²) in [5, 5.41) is 3.52. The summed E-state index contributed by atoms with van der Waals surface area (Å²) in [7, 11) is 1.67. The van der Waals surface area contributed by atoms with E-state index in [2.05, 4.69) is 29.4 Å². The second-order valence-corrected chi connectivity index (χ2v) is 4.64. The lowest BCUT2D eigenvalue weighted by Gasteiger charge is -2.20. The highest BCUT2D eigenvalue weighted by Gasteiger charge is 2.16. The highest BCUT2D eigenvalue weighted by molar-refractivity contribution is 5.46. The fourth-order valence-electron chi connectivity index (χ4n) is 2.17. The first-order valence-corrected chi connectivity index (χ1v) is 6.84. The Bertz CT molecular complexity index is 540. The molecule has 0 spiro atoms. The van der Waals surface area contributed by atoms with E-state index in [0.29, 0.717) is 5.82 Å². The first-order valence-electron chi connectivity index (χ1n) is 6.84. The molecule has 0 fully saturated rings. The number of aromatic nitrogens is 1. The van der Waals surface area contributed by atoms with E-state index in [1.165, 1.54) is 0 Å². The Kier molecular flexibility index (Phi) is 4.96. The summed E-state index contributed by atoms with van der Waals surface area (Å²) in [5.74, 6) is 1.42. The number of anilines is 1. The SMILES string of the molecule is CCCNC(c1ccc(OC)cc1)c1cccnc1N. The fraction of sp³-hybridized carbons (Fsp3) is 0.312. The van der Waals surface area contributed by atoms with Crippen molar-refractivity contribution in [3.05, 3.63) is 53.7 Å². The van der Waals surface area contributed by atoms with Crippen molar-refractivity contribution in [3.63, 3.8) is 0 Å². The van der Waals surface area contributed by atoms with E-state index in [1.807, 2.05) is 24.3 Å². The molecule has 3 N–H and O–H groups in total. The summed E-state index contributed by atoms with van der Waals surface area (Å²) < 4.78 is 5.20. The lowest BCUT2D eigenvalue weighted by Crippen LogP contribution is -2.24. The van der Waals surface area contributed by atoms with E-state index in [0.717, 1.165) is 29.8 Å². The molecular formula is C16H21N3O. The minimum absolute atomic E-state index is 0.0505. The third kappa shape index (κ3) is 3.27. The van der Waals surface area contributed by atoms with Crippen LogP contribution in [-0.2, 0) is 0 Å². The molecule has 1 unspecified atom stereocenters. The van der Waals surface area contributed by atoms with Crippen LogP contribution in [0.25, 0.3) is 0 Å². The van der Waals surface area contributed by atoms with E-state index in [-0.39, 0.29) is 6.04 Å². The van der Waals surface area contributed by atoms with Gasteiger partial charge < -0.3 is 15.8 Å². The molecule has 1 aromatic heterocycles. The number of pyridine rings is 1. The second-order valence-electron chi connectivity index (χ2n) is 4.64. The lowest BCUT2D eigenvalue weighted by atomic mass is 9.99. The fourth-order valence-corrected chi connectivity index (χ4v) is 2.17. The molecule has 0 saturated heterocycles. The maximum atomic E-state index is 6.01. The average molecular weight is 271 g/mol. The maximum absolute atomic E-state index is 6.01. The van der Waals surface area contributed by atoms with Crippen LogP contribution in [0.15, 0.2) is 42.6 Å². The number of methoxy groups -OCH3 is 1. The van der Waals surface area contributed by atoms with Crippen molar-refractivity contribution in [2.75, 3.05) is 19.4 Å². The van der Waals surface area contributed by atoms with E-state index in [4.69, 9.17) is 10.5 Å². The quantitative estimate of drug-likeness (QED) is 0.848. The van der Waals surface area contributed by atoms with Gasteiger partial charge in [0.05, 0.1) is 13.2 Å². The van der Waals surface area contributed by atoms with Crippen LogP contribution in [0.5, 0.6) is 5.75 Å². The molecule has 2 aromatic rings. The minimum Gasteiger partial charge on any atom is -0.497 e. The zero-order valence-corrected chi connectivity index (χ0v) is 12.0. The average Bonchev–Trinajstić information content (AvgIpc) is 2.50. The van der Waals surface area contributed by atoms with Crippen LogP contribution >= 0.6 is 0 Å². The number of rotatable bonds is 6. The van der Waals surface area contributed by atoms with Gasteiger partial charge in [-0.05, 0) is 36.7 Å². The van der Waals surface area contributed by atoms with Gasteiger partial charge in [0.25, 0.3) is 0 Å². The molecule has 106 valence electrons. The van der Waals surface area contributed by atoms with E-state index in [9.17, 15) is 0 Å². The van der Waals surface area contributed by atoms with Crippen molar-refractivity contribution in [3.8, 4) is 5.75 Å². The van der Waals surface area contributed by atoms with Crippen molar-refractivity contribution < 1.29 is 4.74 Å². The molecule has 0 radical (unpaired) electrons. The molecule has 4 heteroatoms. The first kappa shape index (κ1) is 14.3.